The lowest BCUT2D eigenvalue weighted by Gasteiger charge is -2.17. The number of rotatable bonds is 2. The third kappa shape index (κ3) is 2.35. The van der Waals surface area contributed by atoms with Gasteiger partial charge in [0.1, 0.15) is 0 Å². The van der Waals surface area contributed by atoms with E-state index in [0.29, 0.717) is 0 Å². The second kappa shape index (κ2) is 5.19. The zero-order valence-corrected chi connectivity index (χ0v) is 14.1. The minimum Gasteiger partial charge on any atom is -0.386 e. The number of thiophene rings is 1. The molecule has 114 valence electrons. The zero-order valence-electron chi connectivity index (χ0n) is 13.3. The fraction of sp³-hybridized carbons (Fsp3) is 0.143. The van der Waals surface area contributed by atoms with E-state index in [1.165, 1.54) is 25.1 Å². The Hall–Kier alpha value is -2.16. The molecular formula is C21H19OS+. The first-order valence-corrected chi connectivity index (χ1v) is 9.04. The molecule has 0 bridgehead atoms. The highest BCUT2D eigenvalue weighted by Crippen LogP contribution is 2.48. The molecule has 1 nitrogen and oxygen atoms in total. The van der Waals surface area contributed by atoms with Crippen molar-refractivity contribution in [1.82, 2.24) is 0 Å². The maximum Gasteiger partial charge on any atom is 0.187 e. The average molecular weight is 319 g/mol. The molecule has 0 atom stereocenters. The van der Waals surface area contributed by atoms with Crippen LogP contribution in [0.5, 0.6) is 0 Å². The second-order valence-electron chi connectivity index (χ2n) is 6.38. The van der Waals surface area contributed by atoms with Gasteiger partial charge in [-0.2, -0.15) is 0 Å². The molecule has 23 heavy (non-hydrogen) atoms. The highest BCUT2D eigenvalue weighted by molar-refractivity contribution is 7.50. The zero-order chi connectivity index (χ0) is 16.0. The van der Waals surface area contributed by atoms with E-state index in [9.17, 15) is 5.11 Å². The summed E-state index contributed by atoms with van der Waals surface area (Å²) in [5.74, 6) is 0. The Bertz CT molecular complexity index is 935. The molecule has 2 heteroatoms. The van der Waals surface area contributed by atoms with Gasteiger partial charge >= 0.3 is 0 Å². The van der Waals surface area contributed by atoms with Crippen molar-refractivity contribution in [2.45, 2.75) is 19.4 Å². The molecule has 0 aliphatic heterocycles. The summed E-state index contributed by atoms with van der Waals surface area (Å²) in [6.07, 6.45) is 0. The summed E-state index contributed by atoms with van der Waals surface area (Å²) in [4.78, 5) is 1.30. The van der Waals surface area contributed by atoms with Crippen LogP contribution >= 0.6 is 10.5 Å². The van der Waals surface area contributed by atoms with Crippen molar-refractivity contribution in [3.63, 3.8) is 0 Å². The summed E-state index contributed by atoms with van der Waals surface area (Å²) in [5, 5.41) is 12.9. The number of hydrogen-bond donors (Lipinski definition) is 1. The van der Waals surface area contributed by atoms with E-state index >= 15 is 0 Å². The summed E-state index contributed by atoms with van der Waals surface area (Å²) in [5.41, 5.74) is 0.151. The molecule has 0 unspecified atom stereocenters. The quantitative estimate of drug-likeness (QED) is 0.452. The van der Waals surface area contributed by atoms with Gasteiger partial charge in [-0.1, -0.05) is 36.4 Å². The summed E-state index contributed by atoms with van der Waals surface area (Å²) < 4.78 is 2.79. The maximum absolute atomic E-state index is 10.2. The van der Waals surface area contributed by atoms with Gasteiger partial charge in [0.15, 0.2) is 14.3 Å². The Labute approximate surface area is 138 Å². The molecule has 0 amide bonds. The van der Waals surface area contributed by atoms with E-state index in [2.05, 4.69) is 60.7 Å². The smallest absolute Gasteiger partial charge is 0.187 e. The Morgan fingerprint density at radius 1 is 0.696 bits per heavy atom. The van der Waals surface area contributed by atoms with Crippen molar-refractivity contribution in [3.8, 4) is 4.90 Å². The number of hydrogen-bond acceptors (Lipinski definition) is 1. The van der Waals surface area contributed by atoms with E-state index in [1.54, 1.807) is 0 Å². The summed E-state index contributed by atoms with van der Waals surface area (Å²) in [6.45, 7) is 3.65. The van der Waals surface area contributed by atoms with Crippen LogP contribution in [0.4, 0.5) is 0 Å². The van der Waals surface area contributed by atoms with E-state index in [0.717, 1.165) is 5.56 Å². The molecule has 0 aliphatic rings. The van der Waals surface area contributed by atoms with E-state index < -0.39 is 5.60 Å². The van der Waals surface area contributed by atoms with Gasteiger partial charge in [0.05, 0.1) is 5.60 Å². The molecule has 4 rings (SSSR count). The lowest BCUT2D eigenvalue weighted by atomic mass is 9.99. The third-order valence-electron chi connectivity index (χ3n) is 4.30. The molecule has 1 aromatic heterocycles. The van der Waals surface area contributed by atoms with Crippen LogP contribution in [0.3, 0.4) is 0 Å². The summed E-state index contributed by atoms with van der Waals surface area (Å²) in [7, 11) is -0.0572. The number of benzene rings is 3. The topological polar surface area (TPSA) is 20.2 Å². The Kier molecular flexibility index (Phi) is 3.26. The van der Waals surface area contributed by atoms with Crippen LogP contribution in [0.25, 0.3) is 25.1 Å². The normalized spacial score (nSPS) is 12.1. The molecule has 1 heterocycles. The van der Waals surface area contributed by atoms with Crippen LogP contribution < -0.4 is 0 Å². The lowest BCUT2D eigenvalue weighted by molar-refractivity contribution is 0.0786. The molecule has 0 aliphatic carbocycles. The summed E-state index contributed by atoms with van der Waals surface area (Å²) >= 11 is 0. The summed E-state index contributed by atoms with van der Waals surface area (Å²) in [6, 6.07) is 25.8. The van der Waals surface area contributed by atoms with E-state index in [1.807, 2.05) is 26.0 Å². The van der Waals surface area contributed by atoms with Crippen molar-refractivity contribution in [2.24, 2.45) is 0 Å². The lowest BCUT2D eigenvalue weighted by Crippen LogP contribution is -2.14. The van der Waals surface area contributed by atoms with Gasteiger partial charge in [-0.3, -0.25) is 0 Å². The highest BCUT2D eigenvalue weighted by atomic mass is 32.2. The van der Waals surface area contributed by atoms with Gasteiger partial charge in [-0.15, -0.1) is 0 Å². The average Bonchev–Trinajstić information content (AvgIpc) is 2.89. The van der Waals surface area contributed by atoms with Crippen LogP contribution in [-0.4, -0.2) is 5.11 Å². The van der Waals surface area contributed by atoms with E-state index in [-0.39, 0.29) is 10.5 Å². The molecule has 1 N–H and O–H groups in total. The molecule has 0 saturated carbocycles. The van der Waals surface area contributed by atoms with Gasteiger partial charge < -0.3 is 5.11 Å². The first-order chi connectivity index (χ1) is 11.1. The van der Waals surface area contributed by atoms with E-state index in [4.69, 9.17) is 0 Å². The molecule has 3 aromatic carbocycles. The molecule has 0 spiro atoms. The standard InChI is InChI=1S/C21H19OS/c1-21(2,22)15-11-13-16(14-12-15)23-19-9-5-3-7-17(19)18-8-4-6-10-20(18)23/h3-14,22H,1-2H3/q+1. The monoisotopic (exact) mass is 319 g/mol. The Morgan fingerprint density at radius 2 is 1.17 bits per heavy atom. The van der Waals surface area contributed by atoms with Crippen LogP contribution in [0, 0.1) is 0 Å². The number of aliphatic hydroxyl groups is 1. The van der Waals surface area contributed by atoms with Crippen LogP contribution in [0.15, 0.2) is 72.8 Å². The van der Waals surface area contributed by atoms with Crippen LogP contribution in [0.1, 0.15) is 19.4 Å². The van der Waals surface area contributed by atoms with Gasteiger partial charge in [0.2, 0.25) is 0 Å². The van der Waals surface area contributed by atoms with Crippen molar-refractivity contribution in [1.29, 1.82) is 0 Å². The van der Waals surface area contributed by atoms with Gasteiger partial charge in [-0.25, -0.2) is 0 Å². The maximum atomic E-state index is 10.2. The largest absolute Gasteiger partial charge is 0.386 e. The molecular weight excluding hydrogens is 300 g/mol. The highest BCUT2D eigenvalue weighted by Gasteiger charge is 2.24. The minimum atomic E-state index is -0.798. The van der Waals surface area contributed by atoms with Gasteiger partial charge in [0.25, 0.3) is 0 Å². The Morgan fingerprint density at radius 3 is 1.65 bits per heavy atom. The predicted octanol–water partition coefficient (Wildman–Crippen LogP) is 5.96. The Balaban J connectivity index is 2.01. The van der Waals surface area contributed by atoms with Crippen molar-refractivity contribution < 1.29 is 5.11 Å². The fourth-order valence-electron chi connectivity index (χ4n) is 3.11. The third-order valence-corrected chi connectivity index (χ3v) is 6.64. The predicted molar refractivity (Wildman–Crippen MR) is 101 cm³/mol. The molecule has 0 saturated heterocycles. The second-order valence-corrected chi connectivity index (χ2v) is 8.35. The first-order valence-electron chi connectivity index (χ1n) is 7.81. The molecule has 0 fully saturated rings. The molecule has 0 radical (unpaired) electrons. The van der Waals surface area contributed by atoms with Gasteiger partial charge in [-0.05, 0) is 55.8 Å². The molecule has 4 aromatic rings. The van der Waals surface area contributed by atoms with Crippen molar-refractivity contribution >= 4 is 30.6 Å². The van der Waals surface area contributed by atoms with Gasteiger partial charge in [0, 0.05) is 21.2 Å². The fourth-order valence-corrected chi connectivity index (χ4v) is 5.48. The van der Waals surface area contributed by atoms with Crippen molar-refractivity contribution in [3.05, 3.63) is 78.4 Å². The first kappa shape index (κ1) is 14.4. The van der Waals surface area contributed by atoms with Crippen LogP contribution in [-0.2, 0) is 5.60 Å². The SMILES string of the molecule is CC(C)(O)c1ccc(-[s+]2c3ccccc3c3ccccc32)cc1. The van der Waals surface area contributed by atoms with Crippen LogP contribution in [0.2, 0.25) is 0 Å². The number of fused-ring (bicyclic) bond motifs is 3. The minimum absolute atomic E-state index is 0.0572. The van der Waals surface area contributed by atoms with Crippen molar-refractivity contribution in [2.75, 3.05) is 0 Å².